The summed E-state index contributed by atoms with van der Waals surface area (Å²) in [5, 5.41) is 24.8. The number of carbonyl (C=O) groups excluding carboxylic acids is 4. The van der Waals surface area contributed by atoms with Crippen LogP contribution in [0.4, 0.5) is 4.79 Å². The molecule has 2 aliphatic carbocycles. The summed E-state index contributed by atoms with van der Waals surface area (Å²) in [6.45, 7) is 15.5. The van der Waals surface area contributed by atoms with Crippen LogP contribution in [0.2, 0.25) is 0 Å². The Morgan fingerprint density at radius 3 is 2.19 bits per heavy atom. The number of rotatable bonds is 17. The molecule has 4 amide bonds. The zero-order chi connectivity index (χ0) is 35.4. The van der Waals surface area contributed by atoms with Crippen LogP contribution in [0.15, 0.2) is 0 Å². The van der Waals surface area contributed by atoms with E-state index >= 15 is 0 Å². The monoisotopic (exact) mass is 664 g/mol. The van der Waals surface area contributed by atoms with Gasteiger partial charge in [-0.25, -0.2) is 9.59 Å². The van der Waals surface area contributed by atoms with Gasteiger partial charge in [0.05, 0.1) is 11.6 Å². The maximum Gasteiger partial charge on any atom is 0.326 e. The van der Waals surface area contributed by atoms with Gasteiger partial charge in [-0.15, -0.1) is 0 Å². The Bertz CT molecular complexity index is 1070. The van der Waals surface area contributed by atoms with E-state index in [1.807, 2.05) is 13.8 Å². The van der Waals surface area contributed by atoms with Crippen molar-refractivity contribution in [1.29, 1.82) is 0 Å². The molecule has 3 unspecified atom stereocenters. The number of urea groups is 1. The number of primary amides is 1. The van der Waals surface area contributed by atoms with Crippen LogP contribution < -0.4 is 32.3 Å². The Kier molecular flexibility index (Phi) is 15.6. The second-order valence-corrected chi connectivity index (χ2v) is 15.9. The molecule has 2 saturated carbocycles. The molecule has 0 heterocycles. The minimum absolute atomic E-state index is 0.0466. The summed E-state index contributed by atoms with van der Waals surface area (Å²) in [6.07, 6.45) is 8.90. The molecule has 0 aliphatic heterocycles. The number of carboxylic acids is 1. The highest BCUT2D eigenvalue weighted by Crippen LogP contribution is 2.48. The molecule has 5 atom stereocenters. The topological polar surface area (TPSA) is 192 Å². The van der Waals surface area contributed by atoms with Crippen molar-refractivity contribution in [2.75, 3.05) is 13.1 Å². The molecule has 0 aromatic heterocycles. The number of hydrogen-bond acceptors (Lipinski definition) is 7. The molecule has 12 heteroatoms. The van der Waals surface area contributed by atoms with E-state index in [1.165, 1.54) is 0 Å². The number of fused-ring (bicyclic) bond motifs is 2. The lowest BCUT2D eigenvalue weighted by Gasteiger charge is -2.38. The predicted molar refractivity (Wildman–Crippen MR) is 184 cm³/mol. The fourth-order valence-corrected chi connectivity index (χ4v) is 7.01. The summed E-state index contributed by atoms with van der Waals surface area (Å²) in [6, 6.07) is -3.60. The summed E-state index contributed by atoms with van der Waals surface area (Å²) in [7, 11) is 0. The molecule has 47 heavy (non-hydrogen) atoms. The van der Waals surface area contributed by atoms with Gasteiger partial charge in [-0.3, -0.25) is 19.7 Å². The Balaban J connectivity index is 2.20. The lowest BCUT2D eigenvalue weighted by atomic mass is 9.72. The lowest BCUT2D eigenvalue weighted by Crippen LogP contribution is -2.62. The van der Waals surface area contributed by atoms with Crippen molar-refractivity contribution >= 4 is 29.6 Å². The number of ketones is 1. The zero-order valence-electron chi connectivity index (χ0n) is 30.1. The van der Waals surface area contributed by atoms with Crippen LogP contribution in [0.1, 0.15) is 132 Å². The second-order valence-electron chi connectivity index (χ2n) is 15.9. The quantitative estimate of drug-likeness (QED) is 0.114. The minimum atomic E-state index is -1.14. The van der Waals surface area contributed by atoms with Gasteiger partial charge in [0.1, 0.15) is 12.1 Å². The molecular formula is C35H64N6O6. The van der Waals surface area contributed by atoms with Crippen LogP contribution >= 0.6 is 0 Å². The third-order valence-electron chi connectivity index (χ3n) is 10.1. The van der Waals surface area contributed by atoms with Crippen molar-refractivity contribution in [3.63, 3.8) is 0 Å². The minimum Gasteiger partial charge on any atom is -0.480 e. The molecule has 2 rings (SSSR count). The number of unbranched alkanes of at least 4 members (excludes halogenated alkanes) is 1. The molecule has 0 aromatic carbocycles. The summed E-state index contributed by atoms with van der Waals surface area (Å²) >= 11 is 0. The fourth-order valence-electron chi connectivity index (χ4n) is 7.01. The highest BCUT2D eigenvalue weighted by Gasteiger charge is 2.50. The molecule has 2 fully saturated rings. The van der Waals surface area contributed by atoms with E-state index in [0.29, 0.717) is 38.0 Å². The molecule has 2 bridgehead atoms. The Morgan fingerprint density at radius 2 is 1.57 bits per heavy atom. The first-order chi connectivity index (χ1) is 21.9. The first-order valence-corrected chi connectivity index (χ1v) is 17.8. The molecule has 0 saturated heterocycles. The number of nitrogens with two attached hydrogens (primary N) is 1. The van der Waals surface area contributed by atoms with Gasteiger partial charge in [0.15, 0.2) is 5.78 Å². The third kappa shape index (κ3) is 13.4. The number of nitrogens with one attached hydrogen (secondary N) is 5. The zero-order valence-corrected chi connectivity index (χ0v) is 30.1. The average Bonchev–Trinajstić information content (AvgIpc) is 3.41. The van der Waals surface area contributed by atoms with Gasteiger partial charge in [-0.1, -0.05) is 40.5 Å². The number of carbonyl (C=O) groups is 5. The number of hydrogen-bond donors (Lipinski definition) is 7. The van der Waals surface area contributed by atoms with E-state index in [9.17, 15) is 29.1 Å². The van der Waals surface area contributed by atoms with Gasteiger partial charge >= 0.3 is 12.0 Å². The first-order valence-electron chi connectivity index (χ1n) is 17.8. The van der Waals surface area contributed by atoms with Gasteiger partial charge in [0.25, 0.3) is 0 Å². The third-order valence-corrected chi connectivity index (χ3v) is 10.1. The Hall–Kier alpha value is -2.73. The van der Waals surface area contributed by atoms with Crippen molar-refractivity contribution < 1.29 is 29.1 Å². The van der Waals surface area contributed by atoms with E-state index < -0.39 is 47.5 Å². The van der Waals surface area contributed by atoms with Crippen molar-refractivity contribution in [3.8, 4) is 0 Å². The van der Waals surface area contributed by atoms with Gasteiger partial charge in [0.2, 0.25) is 11.8 Å². The van der Waals surface area contributed by atoms with E-state index in [4.69, 9.17) is 5.73 Å². The van der Waals surface area contributed by atoms with Gasteiger partial charge < -0.3 is 32.1 Å². The molecule has 12 nitrogen and oxygen atoms in total. The second kappa shape index (κ2) is 18.1. The summed E-state index contributed by atoms with van der Waals surface area (Å²) < 4.78 is 0. The number of Topliss-reactive ketones (excluding diaryl/α,β-unsaturated/α-hetero) is 1. The fraction of sp³-hybridized carbons (Fsp3) is 0.857. The normalized spacial score (nSPS) is 23.4. The van der Waals surface area contributed by atoms with Gasteiger partial charge in [0, 0.05) is 18.5 Å². The molecule has 0 radical (unpaired) electrons. The van der Waals surface area contributed by atoms with Gasteiger partial charge in [-0.05, 0) is 109 Å². The average molecular weight is 665 g/mol. The van der Waals surface area contributed by atoms with Crippen molar-refractivity contribution in [3.05, 3.63) is 0 Å². The SMILES string of the molecule is CC(C)[C@H](NC12CCC(C1)C(C)(C)CCCCCC2=O)C(=O)NC(CCCNC(N)=O)C(=O)N[C@H](CCCCNC(C)(C)C)C(=O)O. The van der Waals surface area contributed by atoms with Crippen LogP contribution in [0.3, 0.4) is 0 Å². The molecule has 2 aliphatic rings. The van der Waals surface area contributed by atoms with E-state index in [0.717, 1.165) is 45.1 Å². The van der Waals surface area contributed by atoms with E-state index in [1.54, 1.807) is 0 Å². The van der Waals surface area contributed by atoms with Crippen LogP contribution in [0, 0.1) is 17.3 Å². The molecule has 8 N–H and O–H groups in total. The van der Waals surface area contributed by atoms with E-state index in [-0.39, 0.29) is 42.0 Å². The lowest BCUT2D eigenvalue weighted by molar-refractivity contribution is -0.142. The Labute approximate surface area is 282 Å². The first kappa shape index (κ1) is 40.4. The van der Waals surface area contributed by atoms with Crippen molar-refractivity contribution in [2.24, 2.45) is 23.0 Å². The number of amides is 4. The van der Waals surface area contributed by atoms with Gasteiger partial charge in [-0.2, -0.15) is 0 Å². The summed E-state index contributed by atoms with van der Waals surface area (Å²) in [4.78, 5) is 64.6. The maximum absolute atomic E-state index is 14.0. The number of carboxylic acid groups (broad SMARTS) is 1. The molecule has 0 aromatic rings. The highest BCUT2D eigenvalue weighted by atomic mass is 16.4. The summed E-state index contributed by atoms with van der Waals surface area (Å²) in [5.74, 6) is -1.82. The predicted octanol–water partition coefficient (Wildman–Crippen LogP) is 3.76. The molecule has 270 valence electrons. The molecule has 0 spiro atoms. The van der Waals surface area contributed by atoms with Crippen LogP contribution in [0.5, 0.6) is 0 Å². The largest absolute Gasteiger partial charge is 0.480 e. The van der Waals surface area contributed by atoms with Crippen molar-refractivity contribution in [1.82, 2.24) is 26.6 Å². The van der Waals surface area contributed by atoms with Crippen LogP contribution in [-0.4, -0.2) is 77.0 Å². The van der Waals surface area contributed by atoms with Crippen LogP contribution in [0.25, 0.3) is 0 Å². The highest BCUT2D eigenvalue weighted by molar-refractivity contribution is 5.93. The molecular weight excluding hydrogens is 600 g/mol. The smallest absolute Gasteiger partial charge is 0.326 e. The maximum atomic E-state index is 14.0. The van der Waals surface area contributed by atoms with Crippen molar-refractivity contribution in [2.45, 2.75) is 161 Å². The Morgan fingerprint density at radius 1 is 0.915 bits per heavy atom. The van der Waals surface area contributed by atoms with E-state index in [2.05, 4.69) is 61.2 Å². The summed E-state index contributed by atoms with van der Waals surface area (Å²) in [5.41, 5.74) is 4.45. The number of aliphatic carboxylic acids is 1. The standard InChI is InChI=1S/C35H64N6O6/c1-23(2)28(41-35-19-17-24(22-35)34(6,7)18-11-8-9-16-27(35)42)30(44)39-25(15-13-20-37-32(36)47)29(43)40-26(31(45)46)14-10-12-21-38-33(3,4)5/h23-26,28,38,41H,8-22H2,1-7H3,(H,39,44)(H,40,43)(H,45,46)(H3,36,37,47)/t24?,25?,26-,28+,35?/m1/s1. The van der Waals surface area contributed by atoms with Crippen LogP contribution in [-0.2, 0) is 19.2 Å².